The van der Waals surface area contributed by atoms with Crippen molar-refractivity contribution in [3.63, 3.8) is 0 Å². The van der Waals surface area contributed by atoms with Crippen LogP contribution in [0.5, 0.6) is 6.01 Å². The minimum Gasteiger partial charge on any atom is -0.463 e. The Balaban J connectivity index is 2.54. The molecular weight excluding hydrogens is 266 g/mol. The summed E-state index contributed by atoms with van der Waals surface area (Å²) in [6.45, 7) is 13.8. The molecule has 0 saturated heterocycles. The van der Waals surface area contributed by atoms with Crippen LogP contribution in [0.25, 0.3) is 0 Å². The average molecular weight is 295 g/mol. The highest BCUT2D eigenvalue weighted by Crippen LogP contribution is 2.14. The predicted octanol–water partition coefficient (Wildman–Crippen LogP) is 2.87. The van der Waals surface area contributed by atoms with Gasteiger partial charge in [-0.2, -0.15) is 0 Å². The maximum atomic E-state index is 5.60. The third-order valence-electron chi connectivity index (χ3n) is 3.36. The second kappa shape index (κ2) is 7.18. The second-order valence-corrected chi connectivity index (χ2v) is 6.93. The van der Waals surface area contributed by atoms with Crippen LogP contribution in [-0.2, 0) is 11.3 Å². The van der Waals surface area contributed by atoms with Crippen LogP contribution < -0.4 is 10.1 Å². The molecular formula is C16H29N3O2. The zero-order valence-corrected chi connectivity index (χ0v) is 14.4. The minimum atomic E-state index is -0.189. The Hall–Kier alpha value is -1.20. The van der Waals surface area contributed by atoms with E-state index in [0.29, 0.717) is 12.6 Å². The van der Waals surface area contributed by atoms with E-state index in [0.717, 1.165) is 24.2 Å². The van der Waals surface area contributed by atoms with Gasteiger partial charge in [0.15, 0.2) is 0 Å². The molecule has 1 N–H and O–H groups in total. The molecule has 0 unspecified atom stereocenters. The third-order valence-corrected chi connectivity index (χ3v) is 3.36. The molecule has 0 aliphatic heterocycles. The summed E-state index contributed by atoms with van der Waals surface area (Å²) in [7, 11) is 1.71. The van der Waals surface area contributed by atoms with Crippen LogP contribution >= 0.6 is 0 Å². The van der Waals surface area contributed by atoms with Crippen molar-refractivity contribution in [3.05, 3.63) is 17.5 Å². The first-order valence-electron chi connectivity index (χ1n) is 7.38. The summed E-state index contributed by atoms with van der Waals surface area (Å²) in [6.07, 6.45) is 2.62. The van der Waals surface area contributed by atoms with Gasteiger partial charge < -0.3 is 14.8 Å². The van der Waals surface area contributed by atoms with Crippen LogP contribution in [0.2, 0.25) is 0 Å². The SMILES string of the molecule is COC(C)(C)CCOc1ncc(CNC(C)(C)C)c(C)n1. The van der Waals surface area contributed by atoms with Gasteiger partial charge in [-0.15, -0.1) is 0 Å². The number of aromatic nitrogens is 2. The van der Waals surface area contributed by atoms with Gasteiger partial charge in [-0.1, -0.05) is 0 Å². The van der Waals surface area contributed by atoms with Crippen LogP contribution in [0.3, 0.4) is 0 Å². The van der Waals surface area contributed by atoms with E-state index in [4.69, 9.17) is 9.47 Å². The van der Waals surface area contributed by atoms with E-state index < -0.39 is 0 Å². The molecule has 120 valence electrons. The molecule has 5 heteroatoms. The molecule has 0 spiro atoms. The Morgan fingerprint density at radius 1 is 1.19 bits per heavy atom. The van der Waals surface area contributed by atoms with Gasteiger partial charge in [-0.3, -0.25) is 0 Å². The lowest BCUT2D eigenvalue weighted by atomic mass is 10.1. The van der Waals surface area contributed by atoms with Crippen molar-refractivity contribution < 1.29 is 9.47 Å². The van der Waals surface area contributed by atoms with Gasteiger partial charge in [-0.25, -0.2) is 9.97 Å². The smallest absolute Gasteiger partial charge is 0.316 e. The van der Waals surface area contributed by atoms with Gasteiger partial charge >= 0.3 is 6.01 Å². The molecule has 21 heavy (non-hydrogen) atoms. The highest BCUT2D eigenvalue weighted by Gasteiger charge is 2.16. The highest BCUT2D eigenvalue weighted by molar-refractivity contribution is 5.17. The summed E-state index contributed by atoms with van der Waals surface area (Å²) in [5.74, 6) is 0. The molecule has 1 rings (SSSR count). The monoisotopic (exact) mass is 295 g/mol. The van der Waals surface area contributed by atoms with Crippen molar-refractivity contribution in [2.45, 2.75) is 65.6 Å². The predicted molar refractivity (Wildman–Crippen MR) is 84.6 cm³/mol. The molecule has 0 bridgehead atoms. The van der Waals surface area contributed by atoms with E-state index in [9.17, 15) is 0 Å². The number of nitrogens with one attached hydrogen (secondary N) is 1. The van der Waals surface area contributed by atoms with Crippen molar-refractivity contribution >= 4 is 0 Å². The first-order chi connectivity index (χ1) is 9.63. The van der Waals surface area contributed by atoms with E-state index in [1.807, 2.05) is 27.0 Å². The summed E-state index contributed by atoms with van der Waals surface area (Å²) in [4.78, 5) is 8.68. The third kappa shape index (κ3) is 6.87. The lowest BCUT2D eigenvalue weighted by molar-refractivity contribution is 0.00465. The fraction of sp³-hybridized carbons (Fsp3) is 0.750. The number of rotatable bonds is 7. The first-order valence-corrected chi connectivity index (χ1v) is 7.38. The van der Waals surface area contributed by atoms with Crippen molar-refractivity contribution in [1.82, 2.24) is 15.3 Å². The zero-order valence-electron chi connectivity index (χ0n) is 14.4. The van der Waals surface area contributed by atoms with Gasteiger partial charge in [0.2, 0.25) is 0 Å². The molecule has 0 aliphatic rings. The van der Waals surface area contributed by atoms with Crippen LogP contribution in [-0.4, -0.2) is 34.8 Å². The fourth-order valence-electron chi connectivity index (χ4n) is 1.56. The average Bonchev–Trinajstić information content (AvgIpc) is 2.36. The van der Waals surface area contributed by atoms with Crippen LogP contribution in [0, 0.1) is 6.92 Å². The van der Waals surface area contributed by atoms with Crippen molar-refractivity contribution in [2.75, 3.05) is 13.7 Å². The number of methoxy groups -OCH3 is 1. The minimum absolute atomic E-state index is 0.0767. The molecule has 0 amide bonds. The molecule has 1 aromatic rings. The summed E-state index contributed by atoms with van der Waals surface area (Å²) in [5.41, 5.74) is 1.93. The number of ether oxygens (including phenoxy) is 2. The number of hydrogen-bond donors (Lipinski definition) is 1. The number of nitrogens with zero attached hydrogens (tertiary/aromatic N) is 2. The van der Waals surface area contributed by atoms with E-state index in [-0.39, 0.29) is 11.1 Å². The van der Waals surface area contributed by atoms with Crippen LogP contribution in [0.15, 0.2) is 6.20 Å². The van der Waals surface area contributed by atoms with Gasteiger partial charge in [0, 0.05) is 43.1 Å². The van der Waals surface area contributed by atoms with E-state index >= 15 is 0 Å². The Kier molecular flexibility index (Phi) is 6.10. The maximum absolute atomic E-state index is 5.60. The van der Waals surface area contributed by atoms with Crippen molar-refractivity contribution in [2.24, 2.45) is 0 Å². The molecule has 0 fully saturated rings. The van der Waals surface area contributed by atoms with Gasteiger partial charge in [0.05, 0.1) is 12.2 Å². The molecule has 0 aromatic carbocycles. The maximum Gasteiger partial charge on any atom is 0.316 e. The highest BCUT2D eigenvalue weighted by atomic mass is 16.5. The quantitative estimate of drug-likeness (QED) is 0.838. The molecule has 1 aromatic heterocycles. The van der Waals surface area contributed by atoms with Crippen molar-refractivity contribution in [1.29, 1.82) is 0 Å². The Morgan fingerprint density at radius 2 is 1.86 bits per heavy atom. The Labute approximate surface area is 128 Å². The number of hydrogen-bond acceptors (Lipinski definition) is 5. The summed E-state index contributed by atoms with van der Waals surface area (Å²) >= 11 is 0. The molecule has 0 saturated carbocycles. The molecule has 0 aliphatic carbocycles. The fourth-order valence-corrected chi connectivity index (χ4v) is 1.56. The van der Waals surface area contributed by atoms with Gasteiger partial charge in [0.25, 0.3) is 0 Å². The molecule has 0 radical (unpaired) electrons. The standard InChI is InChI=1S/C16H29N3O2/c1-12-13(11-18-15(2,3)4)10-17-14(19-12)21-9-8-16(5,6)20-7/h10,18H,8-9,11H2,1-7H3. The topological polar surface area (TPSA) is 56.3 Å². The number of aryl methyl sites for hydroxylation is 1. The zero-order chi connectivity index (χ0) is 16.1. The molecule has 5 nitrogen and oxygen atoms in total. The van der Waals surface area contributed by atoms with Gasteiger partial charge in [-0.05, 0) is 41.5 Å². The Morgan fingerprint density at radius 3 is 2.38 bits per heavy atom. The summed E-state index contributed by atoms with van der Waals surface area (Å²) < 4.78 is 11.0. The Bertz CT molecular complexity index is 453. The normalized spacial score (nSPS) is 12.5. The van der Waals surface area contributed by atoms with E-state index in [1.165, 1.54) is 0 Å². The summed E-state index contributed by atoms with van der Waals surface area (Å²) in [6, 6.07) is 0.430. The van der Waals surface area contributed by atoms with Crippen LogP contribution in [0.1, 0.15) is 52.3 Å². The van der Waals surface area contributed by atoms with E-state index in [2.05, 4.69) is 36.1 Å². The lowest BCUT2D eigenvalue weighted by Gasteiger charge is -2.22. The second-order valence-electron chi connectivity index (χ2n) is 6.93. The molecule has 1 heterocycles. The first kappa shape index (κ1) is 17.9. The van der Waals surface area contributed by atoms with Gasteiger partial charge in [0.1, 0.15) is 0 Å². The van der Waals surface area contributed by atoms with Crippen LogP contribution in [0.4, 0.5) is 0 Å². The van der Waals surface area contributed by atoms with E-state index in [1.54, 1.807) is 7.11 Å². The molecule has 0 atom stereocenters. The van der Waals surface area contributed by atoms with Crippen molar-refractivity contribution in [3.8, 4) is 6.01 Å². The lowest BCUT2D eigenvalue weighted by Crippen LogP contribution is -2.35. The largest absolute Gasteiger partial charge is 0.463 e. The summed E-state index contributed by atoms with van der Waals surface area (Å²) in [5, 5.41) is 3.43.